The van der Waals surface area contributed by atoms with Crippen LogP contribution in [0.5, 0.6) is 0 Å². The Morgan fingerprint density at radius 3 is 2.68 bits per heavy atom. The number of carbonyl (C=O) groups is 1. The van der Waals surface area contributed by atoms with Gasteiger partial charge in [0.2, 0.25) is 0 Å². The van der Waals surface area contributed by atoms with E-state index in [1.165, 1.54) is 0 Å². The van der Waals surface area contributed by atoms with Gasteiger partial charge in [0.1, 0.15) is 5.82 Å². The summed E-state index contributed by atoms with van der Waals surface area (Å²) in [6, 6.07) is 9.97. The topological polar surface area (TPSA) is 54.5 Å². The molecule has 4 rings (SSSR count). The van der Waals surface area contributed by atoms with Gasteiger partial charge < -0.3 is 15.0 Å². The van der Waals surface area contributed by atoms with E-state index in [4.69, 9.17) is 4.74 Å². The number of hydrogen-bond acceptors (Lipinski definition) is 4. The SMILES string of the molecule is O=C1NCc2c1cccc2-c1ccc(N2CCOCC2)nc1. The maximum atomic E-state index is 11.8. The van der Waals surface area contributed by atoms with E-state index in [2.05, 4.69) is 21.3 Å². The smallest absolute Gasteiger partial charge is 0.251 e. The number of nitrogens with one attached hydrogen (secondary N) is 1. The Morgan fingerprint density at radius 1 is 1.09 bits per heavy atom. The molecule has 1 fully saturated rings. The molecule has 0 bridgehead atoms. The summed E-state index contributed by atoms with van der Waals surface area (Å²) in [5, 5.41) is 2.88. The van der Waals surface area contributed by atoms with E-state index in [0.717, 1.165) is 54.4 Å². The van der Waals surface area contributed by atoms with Gasteiger partial charge in [-0.05, 0) is 29.3 Å². The number of hydrogen-bond donors (Lipinski definition) is 1. The second kappa shape index (κ2) is 5.42. The Bertz CT molecular complexity index is 706. The molecule has 22 heavy (non-hydrogen) atoms. The first-order valence-electron chi connectivity index (χ1n) is 7.52. The highest BCUT2D eigenvalue weighted by atomic mass is 16.5. The van der Waals surface area contributed by atoms with Crippen LogP contribution in [0.3, 0.4) is 0 Å². The second-order valence-electron chi connectivity index (χ2n) is 5.52. The van der Waals surface area contributed by atoms with Crippen LogP contribution in [0, 0.1) is 0 Å². The van der Waals surface area contributed by atoms with Crippen LogP contribution in [0.25, 0.3) is 11.1 Å². The van der Waals surface area contributed by atoms with Crippen LogP contribution in [0.1, 0.15) is 15.9 Å². The highest BCUT2D eigenvalue weighted by molar-refractivity contribution is 6.00. The maximum Gasteiger partial charge on any atom is 0.251 e. The molecular weight excluding hydrogens is 278 g/mol. The van der Waals surface area contributed by atoms with Gasteiger partial charge in [0.25, 0.3) is 5.91 Å². The third-order valence-electron chi connectivity index (χ3n) is 4.24. The molecule has 0 spiro atoms. The molecule has 112 valence electrons. The van der Waals surface area contributed by atoms with Crippen LogP contribution in [-0.4, -0.2) is 37.2 Å². The van der Waals surface area contributed by atoms with Crippen LogP contribution < -0.4 is 10.2 Å². The zero-order valence-electron chi connectivity index (χ0n) is 12.2. The van der Waals surface area contributed by atoms with Crippen molar-refractivity contribution in [1.82, 2.24) is 10.3 Å². The Hall–Kier alpha value is -2.40. The fourth-order valence-electron chi connectivity index (χ4n) is 3.05. The quantitative estimate of drug-likeness (QED) is 0.918. The largest absolute Gasteiger partial charge is 0.378 e. The summed E-state index contributed by atoms with van der Waals surface area (Å²) in [7, 11) is 0. The first-order valence-corrected chi connectivity index (χ1v) is 7.52. The molecule has 5 heteroatoms. The predicted octanol–water partition coefficient (Wildman–Crippen LogP) is 1.83. The van der Waals surface area contributed by atoms with Crippen molar-refractivity contribution in [3.8, 4) is 11.1 Å². The molecule has 0 atom stereocenters. The summed E-state index contributed by atoms with van der Waals surface area (Å²) in [5.74, 6) is 0.989. The van der Waals surface area contributed by atoms with Crippen LogP contribution >= 0.6 is 0 Å². The summed E-state index contributed by atoms with van der Waals surface area (Å²) in [6.07, 6.45) is 1.89. The fourth-order valence-corrected chi connectivity index (χ4v) is 3.05. The lowest BCUT2D eigenvalue weighted by Crippen LogP contribution is -2.36. The number of morpholine rings is 1. The molecule has 1 aromatic carbocycles. The van der Waals surface area contributed by atoms with Gasteiger partial charge in [0.05, 0.1) is 13.2 Å². The first kappa shape index (κ1) is 13.3. The first-order chi connectivity index (χ1) is 10.8. The number of nitrogens with zero attached hydrogens (tertiary/aromatic N) is 2. The lowest BCUT2D eigenvalue weighted by molar-refractivity contribution is 0.0965. The number of benzene rings is 1. The van der Waals surface area contributed by atoms with Crippen LogP contribution in [0.2, 0.25) is 0 Å². The van der Waals surface area contributed by atoms with Gasteiger partial charge in [-0.2, -0.15) is 0 Å². The van der Waals surface area contributed by atoms with Crippen molar-refractivity contribution < 1.29 is 9.53 Å². The summed E-state index contributed by atoms with van der Waals surface area (Å²) in [4.78, 5) is 18.6. The minimum Gasteiger partial charge on any atom is -0.378 e. The highest BCUT2D eigenvalue weighted by Crippen LogP contribution is 2.29. The zero-order valence-corrected chi connectivity index (χ0v) is 12.2. The van der Waals surface area contributed by atoms with E-state index in [0.29, 0.717) is 6.54 Å². The lowest BCUT2D eigenvalue weighted by Gasteiger charge is -2.27. The molecule has 1 N–H and O–H groups in total. The summed E-state index contributed by atoms with van der Waals surface area (Å²) >= 11 is 0. The number of carbonyl (C=O) groups excluding carboxylic acids is 1. The van der Waals surface area contributed by atoms with Crippen molar-refractivity contribution in [1.29, 1.82) is 0 Å². The third-order valence-corrected chi connectivity index (χ3v) is 4.24. The van der Waals surface area contributed by atoms with Crippen molar-refractivity contribution in [3.05, 3.63) is 47.7 Å². The van der Waals surface area contributed by atoms with Gasteiger partial charge in [-0.25, -0.2) is 4.98 Å². The Morgan fingerprint density at radius 2 is 1.91 bits per heavy atom. The highest BCUT2D eigenvalue weighted by Gasteiger charge is 2.22. The Labute approximate surface area is 128 Å². The summed E-state index contributed by atoms with van der Waals surface area (Å²) in [5.41, 5.74) is 3.96. The molecule has 1 amide bonds. The number of ether oxygens (including phenoxy) is 1. The van der Waals surface area contributed by atoms with Gasteiger partial charge in [-0.1, -0.05) is 12.1 Å². The van der Waals surface area contributed by atoms with Crippen LogP contribution in [-0.2, 0) is 11.3 Å². The standard InChI is InChI=1S/C17H17N3O2/c21-17-14-3-1-2-13(15(14)11-19-17)12-4-5-16(18-10-12)20-6-8-22-9-7-20/h1-5,10H,6-9,11H2,(H,19,21). The van der Waals surface area contributed by atoms with Gasteiger partial charge in [-0.15, -0.1) is 0 Å². The van der Waals surface area contributed by atoms with Crippen molar-refractivity contribution >= 4 is 11.7 Å². The molecule has 2 aliphatic heterocycles. The zero-order chi connectivity index (χ0) is 14.9. The third kappa shape index (κ3) is 2.23. The molecule has 0 unspecified atom stereocenters. The van der Waals surface area contributed by atoms with E-state index < -0.39 is 0 Å². The molecule has 3 heterocycles. The number of rotatable bonds is 2. The van der Waals surface area contributed by atoms with E-state index in [1.807, 2.05) is 30.5 Å². The van der Waals surface area contributed by atoms with E-state index >= 15 is 0 Å². The minimum absolute atomic E-state index is 0.00902. The number of fused-ring (bicyclic) bond motifs is 1. The van der Waals surface area contributed by atoms with Crippen molar-refractivity contribution in [2.24, 2.45) is 0 Å². The second-order valence-corrected chi connectivity index (χ2v) is 5.52. The van der Waals surface area contributed by atoms with Gasteiger partial charge in [0, 0.05) is 37.0 Å². The Kier molecular flexibility index (Phi) is 3.27. The van der Waals surface area contributed by atoms with Gasteiger partial charge >= 0.3 is 0 Å². The molecule has 1 saturated heterocycles. The normalized spacial score (nSPS) is 17.3. The fraction of sp³-hybridized carbons (Fsp3) is 0.294. The minimum atomic E-state index is 0.00902. The number of pyridine rings is 1. The van der Waals surface area contributed by atoms with Crippen molar-refractivity contribution in [2.75, 3.05) is 31.2 Å². The summed E-state index contributed by atoms with van der Waals surface area (Å²) < 4.78 is 5.37. The molecular formula is C17H17N3O2. The number of anilines is 1. The molecule has 0 saturated carbocycles. The van der Waals surface area contributed by atoms with E-state index in [-0.39, 0.29) is 5.91 Å². The molecule has 0 aliphatic carbocycles. The molecule has 5 nitrogen and oxygen atoms in total. The number of amides is 1. The van der Waals surface area contributed by atoms with Gasteiger partial charge in [-0.3, -0.25) is 4.79 Å². The monoisotopic (exact) mass is 295 g/mol. The van der Waals surface area contributed by atoms with Crippen molar-refractivity contribution in [3.63, 3.8) is 0 Å². The predicted molar refractivity (Wildman–Crippen MR) is 83.9 cm³/mol. The molecule has 2 aliphatic rings. The molecule has 0 radical (unpaired) electrons. The number of aromatic nitrogens is 1. The lowest BCUT2D eigenvalue weighted by atomic mass is 9.98. The Balaban J connectivity index is 1.65. The van der Waals surface area contributed by atoms with Crippen molar-refractivity contribution in [2.45, 2.75) is 6.54 Å². The molecule has 2 aromatic rings. The average Bonchev–Trinajstić information content (AvgIpc) is 2.97. The average molecular weight is 295 g/mol. The molecule has 1 aromatic heterocycles. The van der Waals surface area contributed by atoms with E-state index in [9.17, 15) is 4.79 Å². The summed E-state index contributed by atoms with van der Waals surface area (Å²) in [6.45, 7) is 3.86. The van der Waals surface area contributed by atoms with Gasteiger partial charge in [0.15, 0.2) is 0 Å². The van der Waals surface area contributed by atoms with Crippen LogP contribution in [0.15, 0.2) is 36.5 Å². The maximum absolute atomic E-state index is 11.8. The van der Waals surface area contributed by atoms with Crippen LogP contribution in [0.4, 0.5) is 5.82 Å². The van der Waals surface area contributed by atoms with E-state index in [1.54, 1.807) is 0 Å².